The number of thioether (sulfide) groups is 1. The van der Waals surface area contributed by atoms with Gasteiger partial charge in [-0.15, -0.1) is 11.3 Å². The second kappa shape index (κ2) is 5.04. The zero-order valence-electron chi connectivity index (χ0n) is 11.3. The van der Waals surface area contributed by atoms with Gasteiger partial charge < -0.3 is 5.32 Å². The Morgan fingerprint density at radius 2 is 2.05 bits per heavy atom. The van der Waals surface area contributed by atoms with E-state index in [1.54, 1.807) is 11.3 Å². The van der Waals surface area contributed by atoms with Crippen molar-refractivity contribution in [1.29, 1.82) is 0 Å². The van der Waals surface area contributed by atoms with Gasteiger partial charge in [-0.3, -0.25) is 4.99 Å². The first-order valence-corrected chi connectivity index (χ1v) is 9.03. The summed E-state index contributed by atoms with van der Waals surface area (Å²) in [5.74, 6) is 1.15. The summed E-state index contributed by atoms with van der Waals surface area (Å²) >= 11 is 3.56. The number of thiazole rings is 1. The van der Waals surface area contributed by atoms with Crippen LogP contribution in [-0.2, 0) is 0 Å². The summed E-state index contributed by atoms with van der Waals surface area (Å²) < 4.78 is 1.23. The number of hydrogen-bond acceptors (Lipinski definition) is 5. The first-order valence-electron chi connectivity index (χ1n) is 7.16. The molecule has 1 fully saturated rings. The van der Waals surface area contributed by atoms with Gasteiger partial charge in [-0.05, 0) is 31.0 Å². The molecule has 0 unspecified atom stereocenters. The van der Waals surface area contributed by atoms with E-state index in [1.165, 1.54) is 36.8 Å². The topological polar surface area (TPSA) is 37.3 Å². The van der Waals surface area contributed by atoms with Gasteiger partial charge >= 0.3 is 0 Å². The molecule has 0 radical (unpaired) electrons. The van der Waals surface area contributed by atoms with Crippen molar-refractivity contribution < 1.29 is 0 Å². The van der Waals surface area contributed by atoms with Crippen LogP contribution in [-0.4, -0.2) is 21.4 Å². The smallest absolute Gasteiger partial charge is 0.161 e. The lowest BCUT2D eigenvalue weighted by Gasteiger charge is -2.29. The number of benzene rings is 1. The van der Waals surface area contributed by atoms with Gasteiger partial charge in [0.1, 0.15) is 0 Å². The summed E-state index contributed by atoms with van der Waals surface area (Å²) in [7, 11) is 0. The Hall–Kier alpha value is -1.07. The highest BCUT2D eigenvalue weighted by Gasteiger charge is 2.36. The van der Waals surface area contributed by atoms with Gasteiger partial charge in [-0.1, -0.05) is 31.0 Å². The molecule has 104 valence electrons. The van der Waals surface area contributed by atoms with Gasteiger partial charge in [0.2, 0.25) is 0 Å². The highest BCUT2D eigenvalue weighted by molar-refractivity contribution is 8.14. The van der Waals surface area contributed by atoms with Crippen LogP contribution in [0, 0.1) is 0 Å². The summed E-state index contributed by atoms with van der Waals surface area (Å²) in [6, 6.07) is 6.34. The summed E-state index contributed by atoms with van der Waals surface area (Å²) in [5.41, 5.74) is 4.33. The molecular weight excluding hydrogens is 286 g/mol. The molecule has 5 heteroatoms. The van der Waals surface area contributed by atoms with Crippen LogP contribution in [0.2, 0.25) is 0 Å². The minimum absolute atomic E-state index is 0.236. The molecule has 1 spiro atoms. The highest BCUT2D eigenvalue weighted by atomic mass is 32.2. The standard InChI is InChI=1S/C15H17N3S2/c1-2-6-15(7-3-1)9-19-14(18-15)17-11-4-5-12-13(8-11)20-10-16-12/h4-5,8,10H,1-3,6-7,9H2,(H,17,18). The number of fused-ring (bicyclic) bond motifs is 1. The fraction of sp³-hybridized carbons (Fsp3) is 0.467. The van der Waals surface area contributed by atoms with Gasteiger partial charge in [0.15, 0.2) is 5.17 Å². The number of rotatable bonds is 1. The maximum Gasteiger partial charge on any atom is 0.161 e. The van der Waals surface area contributed by atoms with E-state index < -0.39 is 0 Å². The van der Waals surface area contributed by atoms with Crippen LogP contribution in [0.4, 0.5) is 5.69 Å². The van der Waals surface area contributed by atoms with Crippen LogP contribution < -0.4 is 5.32 Å². The van der Waals surface area contributed by atoms with E-state index in [0.29, 0.717) is 0 Å². The molecule has 1 aliphatic carbocycles. The Bertz CT molecular complexity index is 656. The maximum atomic E-state index is 5.00. The average molecular weight is 303 g/mol. The number of amidine groups is 1. The van der Waals surface area contributed by atoms with E-state index >= 15 is 0 Å². The lowest BCUT2D eigenvalue weighted by atomic mass is 9.84. The first kappa shape index (κ1) is 12.7. The molecular formula is C15H17N3S2. The molecule has 0 bridgehead atoms. The van der Waals surface area contributed by atoms with Crippen molar-refractivity contribution >= 4 is 44.2 Å². The quantitative estimate of drug-likeness (QED) is 0.842. The number of aliphatic imine (C=N–C) groups is 1. The van der Waals surface area contributed by atoms with Crippen LogP contribution in [0.3, 0.4) is 0 Å². The van der Waals surface area contributed by atoms with Crippen molar-refractivity contribution in [3.63, 3.8) is 0 Å². The third-order valence-electron chi connectivity index (χ3n) is 4.18. The number of aromatic nitrogens is 1. The fourth-order valence-electron chi connectivity index (χ4n) is 3.07. The van der Waals surface area contributed by atoms with E-state index in [1.807, 2.05) is 17.3 Å². The summed E-state index contributed by atoms with van der Waals surface area (Å²) in [6.45, 7) is 0. The molecule has 0 amide bonds. The fourth-order valence-corrected chi connectivity index (χ4v) is 4.99. The second-order valence-corrected chi connectivity index (χ2v) is 7.50. The molecule has 1 aliphatic heterocycles. The molecule has 1 saturated carbocycles. The van der Waals surface area contributed by atoms with E-state index in [4.69, 9.17) is 4.99 Å². The predicted molar refractivity (Wildman–Crippen MR) is 89.0 cm³/mol. The molecule has 2 heterocycles. The van der Waals surface area contributed by atoms with Crippen molar-refractivity contribution in [2.45, 2.75) is 37.6 Å². The molecule has 2 aromatic rings. The lowest BCUT2D eigenvalue weighted by molar-refractivity contribution is 0.335. The number of nitrogens with one attached hydrogen (secondary N) is 1. The third kappa shape index (κ3) is 2.33. The summed E-state index contributed by atoms with van der Waals surface area (Å²) in [6.07, 6.45) is 6.58. The Balaban J connectivity index is 1.55. The largest absolute Gasteiger partial charge is 0.335 e. The number of nitrogens with zero attached hydrogens (tertiary/aromatic N) is 2. The van der Waals surface area contributed by atoms with Crippen molar-refractivity contribution in [3.05, 3.63) is 23.7 Å². The van der Waals surface area contributed by atoms with E-state index in [2.05, 4.69) is 28.5 Å². The van der Waals surface area contributed by atoms with Gasteiger partial charge in [0.05, 0.1) is 21.3 Å². The Morgan fingerprint density at radius 3 is 2.95 bits per heavy atom. The molecule has 3 nitrogen and oxygen atoms in total. The molecule has 1 aromatic heterocycles. The minimum Gasteiger partial charge on any atom is -0.335 e. The Labute approximate surface area is 126 Å². The maximum absolute atomic E-state index is 5.00. The zero-order chi connectivity index (χ0) is 13.4. The van der Waals surface area contributed by atoms with Crippen molar-refractivity contribution in [3.8, 4) is 0 Å². The monoisotopic (exact) mass is 303 g/mol. The van der Waals surface area contributed by atoms with E-state index in [9.17, 15) is 0 Å². The van der Waals surface area contributed by atoms with Crippen LogP contribution in [0.15, 0.2) is 28.7 Å². The molecule has 4 rings (SSSR count). The molecule has 1 aromatic carbocycles. The van der Waals surface area contributed by atoms with Crippen molar-refractivity contribution in [2.75, 3.05) is 11.1 Å². The van der Waals surface area contributed by atoms with Crippen molar-refractivity contribution in [2.24, 2.45) is 4.99 Å². The number of hydrogen-bond donors (Lipinski definition) is 1. The van der Waals surface area contributed by atoms with Crippen LogP contribution in [0.5, 0.6) is 0 Å². The first-order chi connectivity index (χ1) is 9.83. The van der Waals surface area contributed by atoms with E-state index in [-0.39, 0.29) is 5.54 Å². The third-order valence-corrected chi connectivity index (χ3v) is 6.12. The van der Waals surface area contributed by atoms with E-state index in [0.717, 1.165) is 22.1 Å². The average Bonchev–Trinajstić information content (AvgIpc) is 3.07. The molecule has 0 saturated heterocycles. The highest BCUT2D eigenvalue weighted by Crippen LogP contribution is 2.40. The van der Waals surface area contributed by atoms with Gasteiger partial charge in [-0.2, -0.15) is 0 Å². The Morgan fingerprint density at radius 1 is 1.15 bits per heavy atom. The summed E-state index contributed by atoms with van der Waals surface area (Å²) in [4.78, 5) is 9.31. The Kier molecular flexibility index (Phi) is 3.19. The molecule has 20 heavy (non-hydrogen) atoms. The van der Waals surface area contributed by atoms with Crippen molar-refractivity contribution in [1.82, 2.24) is 4.98 Å². The molecule has 2 aliphatic rings. The molecule has 1 N–H and O–H groups in total. The number of anilines is 1. The zero-order valence-corrected chi connectivity index (χ0v) is 12.9. The van der Waals surface area contributed by atoms with Crippen LogP contribution in [0.1, 0.15) is 32.1 Å². The molecule has 0 atom stereocenters. The predicted octanol–water partition coefficient (Wildman–Crippen LogP) is 4.51. The van der Waals surface area contributed by atoms with Gasteiger partial charge in [0.25, 0.3) is 0 Å². The minimum atomic E-state index is 0.236. The van der Waals surface area contributed by atoms with Gasteiger partial charge in [-0.25, -0.2) is 4.98 Å². The van der Waals surface area contributed by atoms with Crippen LogP contribution >= 0.6 is 23.1 Å². The van der Waals surface area contributed by atoms with Crippen LogP contribution in [0.25, 0.3) is 10.2 Å². The SMILES string of the molecule is c1nc2ccc(NC3=NC4(CCCCC4)CS3)cc2s1. The second-order valence-electron chi connectivity index (χ2n) is 5.65. The lowest BCUT2D eigenvalue weighted by Crippen LogP contribution is -2.29. The normalized spacial score (nSPS) is 21.3. The van der Waals surface area contributed by atoms with Gasteiger partial charge in [0, 0.05) is 11.4 Å². The summed E-state index contributed by atoms with van der Waals surface area (Å²) in [5, 5.41) is 4.58.